The van der Waals surface area contributed by atoms with Crippen LogP contribution in [0, 0.1) is 6.92 Å². The summed E-state index contributed by atoms with van der Waals surface area (Å²) in [4.78, 5) is 0. The molecule has 0 aliphatic carbocycles. The van der Waals surface area contributed by atoms with Crippen molar-refractivity contribution in [2.24, 2.45) is 0 Å². The van der Waals surface area contributed by atoms with Gasteiger partial charge >= 0.3 is 0 Å². The Hall–Kier alpha value is -1.87. The van der Waals surface area contributed by atoms with E-state index in [2.05, 4.69) is 0 Å². The molecule has 0 saturated heterocycles. The summed E-state index contributed by atoms with van der Waals surface area (Å²) in [6, 6.07) is 11.1. The number of anilines is 1. The molecular weight excluding hydrogens is 274 g/mol. The Morgan fingerprint density at radius 1 is 1.10 bits per heavy atom. The number of halogens is 1. The van der Waals surface area contributed by atoms with Crippen molar-refractivity contribution >= 4 is 17.3 Å². The number of nitrogens with two attached hydrogens (primary N) is 1. The Morgan fingerprint density at radius 3 is 2.60 bits per heavy atom. The van der Waals surface area contributed by atoms with E-state index in [9.17, 15) is 0 Å². The van der Waals surface area contributed by atoms with E-state index in [1.165, 1.54) is 0 Å². The number of ether oxygens (including phenoxy) is 2. The molecule has 0 saturated carbocycles. The molecule has 2 N–H and O–H groups in total. The van der Waals surface area contributed by atoms with Gasteiger partial charge in [0, 0.05) is 0 Å². The quantitative estimate of drug-likeness (QED) is 0.804. The highest BCUT2D eigenvalue weighted by Crippen LogP contribution is 2.37. The molecule has 0 aliphatic rings. The van der Waals surface area contributed by atoms with Crippen LogP contribution in [0.4, 0.5) is 5.69 Å². The van der Waals surface area contributed by atoms with Gasteiger partial charge in [-0.3, -0.25) is 0 Å². The molecule has 2 rings (SSSR count). The van der Waals surface area contributed by atoms with Crippen LogP contribution in [0.1, 0.15) is 18.9 Å². The Balaban J connectivity index is 2.27. The molecule has 2 aromatic carbocycles. The number of nitrogen functional groups attached to an aromatic ring is 1. The fourth-order valence-electron chi connectivity index (χ4n) is 1.76. The molecule has 4 heteroatoms. The monoisotopic (exact) mass is 291 g/mol. The van der Waals surface area contributed by atoms with Gasteiger partial charge in [-0.2, -0.15) is 0 Å². The lowest BCUT2D eigenvalue weighted by Crippen LogP contribution is -2.00. The van der Waals surface area contributed by atoms with E-state index >= 15 is 0 Å². The van der Waals surface area contributed by atoms with Crippen LogP contribution in [-0.2, 0) is 0 Å². The summed E-state index contributed by atoms with van der Waals surface area (Å²) in [5.41, 5.74) is 7.62. The molecule has 0 atom stereocenters. The molecule has 0 unspecified atom stereocenters. The number of aryl methyl sites for hydroxylation is 1. The van der Waals surface area contributed by atoms with Gasteiger partial charge in [-0.05, 0) is 43.2 Å². The molecule has 0 aliphatic heterocycles. The summed E-state index contributed by atoms with van der Waals surface area (Å²) in [5.74, 6) is 1.77. The first-order valence-corrected chi connectivity index (χ1v) is 6.95. The molecule has 0 aromatic heterocycles. The van der Waals surface area contributed by atoms with Crippen molar-refractivity contribution in [3.63, 3.8) is 0 Å². The van der Waals surface area contributed by atoms with Gasteiger partial charge in [-0.15, -0.1) is 0 Å². The van der Waals surface area contributed by atoms with Crippen molar-refractivity contribution in [1.29, 1.82) is 0 Å². The number of para-hydroxylation sites is 1. The maximum absolute atomic E-state index is 6.12. The van der Waals surface area contributed by atoms with E-state index < -0.39 is 0 Å². The van der Waals surface area contributed by atoms with E-state index in [0.717, 1.165) is 12.0 Å². The minimum Gasteiger partial charge on any atom is -0.491 e. The summed E-state index contributed by atoms with van der Waals surface area (Å²) < 4.78 is 11.4. The van der Waals surface area contributed by atoms with Crippen molar-refractivity contribution in [2.45, 2.75) is 20.3 Å². The lowest BCUT2D eigenvalue weighted by molar-refractivity contribution is 0.318. The van der Waals surface area contributed by atoms with Crippen LogP contribution in [-0.4, -0.2) is 6.61 Å². The first-order chi connectivity index (χ1) is 9.61. The van der Waals surface area contributed by atoms with Gasteiger partial charge < -0.3 is 15.2 Å². The third kappa shape index (κ3) is 3.36. The minimum atomic E-state index is 0.485. The van der Waals surface area contributed by atoms with Gasteiger partial charge in [0.1, 0.15) is 17.2 Å². The van der Waals surface area contributed by atoms with E-state index in [4.69, 9.17) is 26.8 Å². The van der Waals surface area contributed by atoms with Gasteiger partial charge in [0.15, 0.2) is 5.75 Å². The SMILES string of the molecule is CCCOc1cccc(Oc2cc(C)ccc2Cl)c1N. The third-order valence-corrected chi connectivity index (χ3v) is 3.11. The van der Waals surface area contributed by atoms with Gasteiger partial charge in [0.05, 0.1) is 11.6 Å². The number of rotatable bonds is 5. The second-order valence-electron chi connectivity index (χ2n) is 4.55. The second kappa shape index (κ2) is 6.53. The van der Waals surface area contributed by atoms with Crippen LogP contribution in [0.2, 0.25) is 5.02 Å². The highest BCUT2D eigenvalue weighted by atomic mass is 35.5. The van der Waals surface area contributed by atoms with Crippen molar-refractivity contribution in [2.75, 3.05) is 12.3 Å². The second-order valence-corrected chi connectivity index (χ2v) is 4.96. The normalized spacial score (nSPS) is 10.3. The van der Waals surface area contributed by atoms with E-state index in [1.807, 2.05) is 38.1 Å². The molecule has 0 amide bonds. The molecule has 2 aromatic rings. The van der Waals surface area contributed by atoms with E-state index in [1.54, 1.807) is 12.1 Å². The van der Waals surface area contributed by atoms with E-state index in [-0.39, 0.29) is 0 Å². The van der Waals surface area contributed by atoms with Crippen molar-refractivity contribution < 1.29 is 9.47 Å². The maximum Gasteiger partial charge on any atom is 0.154 e. The van der Waals surface area contributed by atoms with E-state index in [0.29, 0.717) is 34.6 Å². The Labute approximate surface area is 124 Å². The Kier molecular flexibility index (Phi) is 4.74. The van der Waals surface area contributed by atoms with Gasteiger partial charge in [-0.1, -0.05) is 30.7 Å². The highest BCUT2D eigenvalue weighted by molar-refractivity contribution is 6.32. The van der Waals surface area contributed by atoms with Crippen LogP contribution >= 0.6 is 11.6 Å². The van der Waals surface area contributed by atoms with Gasteiger partial charge in [-0.25, -0.2) is 0 Å². The fourth-order valence-corrected chi connectivity index (χ4v) is 1.91. The number of hydrogen-bond donors (Lipinski definition) is 1. The number of hydrogen-bond acceptors (Lipinski definition) is 3. The summed E-state index contributed by atoms with van der Waals surface area (Å²) in [7, 11) is 0. The predicted molar refractivity (Wildman–Crippen MR) is 82.9 cm³/mol. The zero-order valence-electron chi connectivity index (χ0n) is 11.7. The smallest absolute Gasteiger partial charge is 0.154 e. The van der Waals surface area contributed by atoms with Crippen molar-refractivity contribution in [3.05, 3.63) is 47.0 Å². The zero-order valence-corrected chi connectivity index (χ0v) is 12.4. The maximum atomic E-state index is 6.12. The fraction of sp³-hybridized carbons (Fsp3) is 0.250. The van der Waals surface area contributed by atoms with Crippen LogP contribution < -0.4 is 15.2 Å². The molecular formula is C16H18ClNO2. The molecule has 106 valence electrons. The Morgan fingerprint density at radius 2 is 1.85 bits per heavy atom. The average molecular weight is 292 g/mol. The number of benzene rings is 2. The van der Waals surface area contributed by atoms with Crippen LogP contribution in [0.5, 0.6) is 17.2 Å². The van der Waals surface area contributed by atoms with Gasteiger partial charge in [0.2, 0.25) is 0 Å². The Bertz CT molecular complexity index is 599. The topological polar surface area (TPSA) is 44.5 Å². The summed E-state index contributed by atoms with van der Waals surface area (Å²) in [5, 5.41) is 0.551. The molecule has 0 heterocycles. The zero-order chi connectivity index (χ0) is 14.5. The summed E-state index contributed by atoms with van der Waals surface area (Å²) >= 11 is 6.12. The molecule has 0 radical (unpaired) electrons. The lowest BCUT2D eigenvalue weighted by atomic mass is 10.2. The molecule has 0 spiro atoms. The first kappa shape index (κ1) is 14.5. The van der Waals surface area contributed by atoms with Crippen molar-refractivity contribution in [1.82, 2.24) is 0 Å². The predicted octanol–water partition coefficient (Wildman–Crippen LogP) is 4.81. The molecule has 3 nitrogen and oxygen atoms in total. The highest BCUT2D eigenvalue weighted by Gasteiger charge is 2.10. The third-order valence-electron chi connectivity index (χ3n) is 2.79. The van der Waals surface area contributed by atoms with Gasteiger partial charge in [0.25, 0.3) is 0 Å². The molecule has 0 bridgehead atoms. The largest absolute Gasteiger partial charge is 0.491 e. The first-order valence-electron chi connectivity index (χ1n) is 6.57. The lowest BCUT2D eigenvalue weighted by Gasteiger charge is -2.13. The molecule has 20 heavy (non-hydrogen) atoms. The standard InChI is InChI=1S/C16H18ClNO2/c1-3-9-19-13-5-4-6-14(16(13)18)20-15-10-11(2)7-8-12(15)17/h4-8,10H,3,9,18H2,1-2H3. The average Bonchev–Trinajstić information content (AvgIpc) is 2.44. The summed E-state index contributed by atoms with van der Waals surface area (Å²) in [6.45, 7) is 4.65. The molecule has 0 fully saturated rings. The minimum absolute atomic E-state index is 0.485. The summed E-state index contributed by atoms with van der Waals surface area (Å²) in [6.07, 6.45) is 0.925. The van der Waals surface area contributed by atoms with Crippen molar-refractivity contribution in [3.8, 4) is 17.2 Å². The van der Waals surface area contributed by atoms with Crippen LogP contribution in [0.25, 0.3) is 0 Å². The van der Waals surface area contributed by atoms with Crippen LogP contribution in [0.3, 0.4) is 0 Å². The van der Waals surface area contributed by atoms with Crippen LogP contribution in [0.15, 0.2) is 36.4 Å².